The first-order chi connectivity index (χ1) is 7.06. The van der Waals surface area contributed by atoms with E-state index in [0.29, 0.717) is 0 Å². The van der Waals surface area contributed by atoms with Crippen molar-refractivity contribution in [2.24, 2.45) is 0 Å². The Bertz CT molecular complexity index is 400. The number of hydrogen-bond acceptors (Lipinski definition) is 4. The molecular weight excluding hydrogens is 220 g/mol. The van der Waals surface area contributed by atoms with Gasteiger partial charge in [0, 0.05) is 6.92 Å². The van der Waals surface area contributed by atoms with Gasteiger partial charge in [0.05, 0.1) is 17.7 Å². The molecule has 0 aliphatic heterocycles. The smallest absolute Gasteiger partial charge is 0.339 e. The second-order valence-electron chi connectivity index (χ2n) is 2.70. The van der Waals surface area contributed by atoms with Crippen LogP contribution in [-0.2, 0) is 9.53 Å². The number of ether oxygens (including phenoxy) is 2. The number of esters is 2. The Morgan fingerprint density at radius 2 is 2.00 bits per heavy atom. The molecule has 4 nitrogen and oxygen atoms in total. The van der Waals surface area contributed by atoms with Gasteiger partial charge < -0.3 is 9.47 Å². The predicted octanol–water partition coefficient (Wildman–Crippen LogP) is 2.05. The number of hydrogen-bond donors (Lipinski definition) is 0. The van der Waals surface area contributed by atoms with Crippen molar-refractivity contribution >= 4 is 23.5 Å². The van der Waals surface area contributed by atoms with Crippen LogP contribution in [0.5, 0.6) is 5.75 Å². The van der Waals surface area contributed by atoms with Gasteiger partial charge in [0.15, 0.2) is 0 Å². The second-order valence-corrected chi connectivity index (χ2v) is 3.08. The first kappa shape index (κ1) is 11.5. The molecule has 0 saturated carbocycles. The maximum absolute atomic E-state index is 11.2. The minimum absolute atomic E-state index is 0.0690. The molecule has 1 aromatic rings. The van der Waals surface area contributed by atoms with E-state index in [1.54, 1.807) is 6.07 Å². The maximum Gasteiger partial charge on any atom is 0.339 e. The SMILES string of the molecule is COC(=O)c1cccc(OC(C)=O)c1Cl. The van der Waals surface area contributed by atoms with E-state index in [4.69, 9.17) is 16.3 Å². The van der Waals surface area contributed by atoms with E-state index in [0.717, 1.165) is 0 Å². The summed E-state index contributed by atoms with van der Waals surface area (Å²) in [5, 5.41) is 0.0690. The largest absolute Gasteiger partial charge is 0.465 e. The second kappa shape index (κ2) is 4.79. The number of rotatable bonds is 2. The summed E-state index contributed by atoms with van der Waals surface area (Å²) < 4.78 is 9.31. The fraction of sp³-hybridized carbons (Fsp3) is 0.200. The quantitative estimate of drug-likeness (QED) is 0.574. The molecule has 0 unspecified atom stereocenters. The lowest BCUT2D eigenvalue weighted by Gasteiger charge is -2.06. The fourth-order valence-corrected chi connectivity index (χ4v) is 1.25. The average Bonchev–Trinajstić information content (AvgIpc) is 2.19. The molecule has 0 aromatic heterocycles. The number of carbonyl (C=O) groups excluding carboxylic acids is 2. The molecule has 0 amide bonds. The molecule has 0 atom stereocenters. The van der Waals surface area contributed by atoms with E-state index in [1.165, 1.54) is 26.2 Å². The van der Waals surface area contributed by atoms with Gasteiger partial charge in [-0.2, -0.15) is 0 Å². The Kier molecular flexibility index (Phi) is 3.68. The van der Waals surface area contributed by atoms with Crippen molar-refractivity contribution in [1.29, 1.82) is 0 Å². The van der Waals surface area contributed by atoms with Gasteiger partial charge in [-0.1, -0.05) is 17.7 Å². The van der Waals surface area contributed by atoms with Gasteiger partial charge in [-0.3, -0.25) is 4.79 Å². The maximum atomic E-state index is 11.2. The standard InChI is InChI=1S/C10H9ClO4/c1-6(12)15-8-5-3-4-7(9(8)11)10(13)14-2/h3-5H,1-2H3. The van der Waals surface area contributed by atoms with Gasteiger partial charge in [0.25, 0.3) is 0 Å². The molecule has 0 spiro atoms. The van der Waals surface area contributed by atoms with E-state index in [-0.39, 0.29) is 16.3 Å². The minimum Gasteiger partial charge on any atom is -0.465 e. The predicted molar refractivity (Wildman–Crippen MR) is 54.1 cm³/mol. The van der Waals surface area contributed by atoms with E-state index in [9.17, 15) is 9.59 Å². The van der Waals surface area contributed by atoms with Crippen molar-refractivity contribution in [1.82, 2.24) is 0 Å². The van der Waals surface area contributed by atoms with Crippen molar-refractivity contribution in [2.45, 2.75) is 6.92 Å². The van der Waals surface area contributed by atoms with Crippen molar-refractivity contribution in [3.05, 3.63) is 28.8 Å². The van der Waals surface area contributed by atoms with Crippen molar-refractivity contribution in [2.75, 3.05) is 7.11 Å². The molecule has 1 aromatic carbocycles. The lowest BCUT2D eigenvalue weighted by atomic mass is 10.2. The number of halogens is 1. The topological polar surface area (TPSA) is 52.6 Å². The van der Waals surface area contributed by atoms with Gasteiger partial charge in [-0.15, -0.1) is 0 Å². The third-order valence-electron chi connectivity index (χ3n) is 1.62. The number of benzene rings is 1. The third-order valence-corrected chi connectivity index (χ3v) is 2.01. The minimum atomic E-state index is -0.575. The normalized spacial score (nSPS) is 9.53. The third kappa shape index (κ3) is 2.70. The summed E-state index contributed by atoms with van der Waals surface area (Å²) in [6, 6.07) is 4.54. The van der Waals surface area contributed by atoms with E-state index >= 15 is 0 Å². The Morgan fingerprint density at radius 3 is 2.53 bits per heavy atom. The zero-order chi connectivity index (χ0) is 11.4. The van der Waals surface area contributed by atoms with Crippen LogP contribution in [0.15, 0.2) is 18.2 Å². The van der Waals surface area contributed by atoms with Gasteiger partial charge in [0.1, 0.15) is 5.75 Å². The molecule has 1 rings (SSSR count). The first-order valence-corrected chi connectivity index (χ1v) is 4.49. The summed E-state index contributed by atoms with van der Waals surface area (Å²) in [5.41, 5.74) is 0.165. The highest BCUT2D eigenvalue weighted by Gasteiger charge is 2.15. The van der Waals surface area contributed by atoms with Gasteiger partial charge in [0.2, 0.25) is 0 Å². The Labute approximate surface area is 91.7 Å². The first-order valence-electron chi connectivity index (χ1n) is 4.11. The number of carbonyl (C=O) groups is 2. The lowest BCUT2D eigenvalue weighted by Crippen LogP contribution is -2.06. The Balaban J connectivity index is 3.11. The molecular formula is C10H9ClO4. The molecule has 0 fully saturated rings. The average molecular weight is 229 g/mol. The summed E-state index contributed by atoms with van der Waals surface area (Å²) in [4.78, 5) is 21.9. The number of methoxy groups -OCH3 is 1. The van der Waals surface area contributed by atoms with Crippen LogP contribution >= 0.6 is 11.6 Å². The monoisotopic (exact) mass is 228 g/mol. The molecule has 0 saturated heterocycles. The van der Waals surface area contributed by atoms with E-state index < -0.39 is 11.9 Å². The van der Waals surface area contributed by atoms with Crippen LogP contribution in [0.3, 0.4) is 0 Å². The highest BCUT2D eigenvalue weighted by atomic mass is 35.5. The fourth-order valence-electron chi connectivity index (χ4n) is 1.01. The highest BCUT2D eigenvalue weighted by Crippen LogP contribution is 2.28. The molecule has 0 N–H and O–H groups in total. The Morgan fingerprint density at radius 1 is 1.33 bits per heavy atom. The summed E-state index contributed by atoms with van der Waals surface area (Å²) in [7, 11) is 1.25. The summed E-state index contributed by atoms with van der Waals surface area (Å²) in [5.74, 6) is -0.931. The Hall–Kier alpha value is -1.55. The van der Waals surface area contributed by atoms with Crippen LogP contribution in [0.4, 0.5) is 0 Å². The zero-order valence-electron chi connectivity index (χ0n) is 8.24. The van der Waals surface area contributed by atoms with Crippen LogP contribution in [-0.4, -0.2) is 19.0 Å². The molecule has 0 heterocycles. The van der Waals surface area contributed by atoms with Gasteiger partial charge >= 0.3 is 11.9 Å². The van der Waals surface area contributed by atoms with Crippen LogP contribution in [0.1, 0.15) is 17.3 Å². The molecule has 0 bridgehead atoms. The van der Waals surface area contributed by atoms with Gasteiger partial charge in [-0.05, 0) is 12.1 Å². The van der Waals surface area contributed by atoms with E-state index in [1.807, 2.05) is 0 Å². The molecule has 80 valence electrons. The zero-order valence-corrected chi connectivity index (χ0v) is 9.00. The van der Waals surface area contributed by atoms with Crippen molar-refractivity contribution in [3.63, 3.8) is 0 Å². The molecule has 0 radical (unpaired) electrons. The van der Waals surface area contributed by atoms with Crippen LogP contribution < -0.4 is 4.74 Å². The molecule has 5 heteroatoms. The summed E-state index contributed by atoms with van der Waals surface area (Å²) >= 11 is 5.85. The summed E-state index contributed by atoms with van der Waals surface area (Å²) in [6.45, 7) is 1.25. The van der Waals surface area contributed by atoms with Gasteiger partial charge in [-0.25, -0.2) is 4.79 Å². The molecule has 15 heavy (non-hydrogen) atoms. The lowest BCUT2D eigenvalue weighted by molar-refractivity contribution is -0.131. The van der Waals surface area contributed by atoms with Crippen LogP contribution in [0.2, 0.25) is 5.02 Å². The summed E-state index contributed by atoms with van der Waals surface area (Å²) in [6.07, 6.45) is 0. The molecule has 0 aliphatic rings. The van der Waals surface area contributed by atoms with Crippen molar-refractivity contribution in [3.8, 4) is 5.75 Å². The van der Waals surface area contributed by atoms with Crippen LogP contribution in [0.25, 0.3) is 0 Å². The van der Waals surface area contributed by atoms with Crippen LogP contribution in [0, 0.1) is 0 Å². The van der Waals surface area contributed by atoms with Crippen molar-refractivity contribution < 1.29 is 19.1 Å². The molecule has 0 aliphatic carbocycles. The highest BCUT2D eigenvalue weighted by molar-refractivity contribution is 6.35. The van der Waals surface area contributed by atoms with E-state index in [2.05, 4.69) is 4.74 Å².